The van der Waals surface area contributed by atoms with Crippen molar-refractivity contribution in [3.8, 4) is 17.2 Å². The van der Waals surface area contributed by atoms with E-state index in [1.54, 1.807) is 0 Å². The molecule has 0 saturated heterocycles. The lowest BCUT2D eigenvalue weighted by Gasteiger charge is -2.14. The van der Waals surface area contributed by atoms with Gasteiger partial charge in [-0.1, -0.05) is 60.7 Å². The Morgan fingerprint density at radius 1 is 0.541 bits per heavy atom. The Kier molecular flexibility index (Phi) is 8.39. The summed E-state index contributed by atoms with van der Waals surface area (Å²) >= 11 is 0. The molecule has 0 heterocycles. The maximum Gasteiger partial charge on any atom is 0.335 e. The summed E-state index contributed by atoms with van der Waals surface area (Å²) in [5, 5.41) is 18.5. The number of hydrogen-bond donors (Lipinski definition) is 2. The van der Waals surface area contributed by atoms with E-state index in [1.807, 2.05) is 78.9 Å². The molecular formula is C30H26O7. The van der Waals surface area contributed by atoms with Crippen LogP contribution in [0.25, 0.3) is 0 Å². The lowest BCUT2D eigenvalue weighted by atomic mass is 10.1. The minimum absolute atomic E-state index is 0.150. The normalized spacial score (nSPS) is 10.5. The molecule has 7 heteroatoms. The number of aromatic carboxylic acids is 2. The molecule has 0 aliphatic rings. The van der Waals surface area contributed by atoms with Crippen molar-refractivity contribution in [1.82, 2.24) is 0 Å². The molecule has 0 amide bonds. The largest absolute Gasteiger partial charge is 0.493 e. The van der Waals surface area contributed by atoms with Crippen molar-refractivity contribution >= 4 is 11.9 Å². The fourth-order valence-corrected chi connectivity index (χ4v) is 3.64. The predicted molar refractivity (Wildman–Crippen MR) is 138 cm³/mol. The number of rotatable bonds is 12. The number of hydrogen-bond acceptors (Lipinski definition) is 5. The fourth-order valence-electron chi connectivity index (χ4n) is 3.64. The van der Waals surface area contributed by atoms with Gasteiger partial charge in [-0.25, -0.2) is 9.59 Å². The zero-order valence-corrected chi connectivity index (χ0v) is 20.0. The van der Waals surface area contributed by atoms with Crippen LogP contribution in [0.4, 0.5) is 0 Å². The van der Waals surface area contributed by atoms with Gasteiger partial charge in [-0.05, 0) is 47.0 Å². The molecule has 4 aromatic carbocycles. The highest BCUT2D eigenvalue weighted by Gasteiger charge is 2.12. The molecule has 0 saturated carbocycles. The van der Waals surface area contributed by atoms with E-state index >= 15 is 0 Å². The first-order chi connectivity index (χ1) is 18.0. The summed E-state index contributed by atoms with van der Waals surface area (Å²) in [7, 11) is 0. The SMILES string of the molecule is O=C(O)c1cc(OCCc2cc(OCc3ccccc3)cc(OCc3ccccc3)c2)cc(C(=O)O)c1. The van der Waals surface area contributed by atoms with Gasteiger partial charge in [0.25, 0.3) is 0 Å². The Morgan fingerprint density at radius 2 is 1.00 bits per heavy atom. The van der Waals surface area contributed by atoms with Crippen LogP contribution < -0.4 is 14.2 Å². The van der Waals surface area contributed by atoms with Gasteiger partial charge in [0, 0.05) is 12.5 Å². The van der Waals surface area contributed by atoms with Crippen molar-refractivity contribution < 1.29 is 34.0 Å². The molecule has 0 aliphatic carbocycles. The molecule has 0 spiro atoms. The molecule has 4 aromatic rings. The molecule has 188 valence electrons. The van der Waals surface area contributed by atoms with Gasteiger partial charge in [-0.3, -0.25) is 0 Å². The summed E-state index contributed by atoms with van der Waals surface area (Å²) in [5.74, 6) is -0.988. The Morgan fingerprint density at radius 3 is 1.46 bits per heavy atom. The Labute approximate surface area is 214 Å². The van der Waals surface area contributed by atoms with Crippen LogP contribution in [0.3, 0.4) is 0 Å². The van der Waals surface area contributed by atoms with Crippen LogP contribution in [0.2, 0.25) is 0 Å². The van der Waals surface area contributed by atoms with Gasteiger partial charge in [0.2, 0.25) is 0 Å². The molecule has 0 aromatic heterocycles. The Hall–Kier alpha value is -4.78. The summed E-state index contributed by atoms with van der Waals surface area (Å²) in [6, 6.07) is 29.0. The summed E-state index contributed by atoms with van der Waals surface area (Å²) in [5.41, 5.74) is 2.66. The van der Waals surface area contributed by atoms with Crippen molar-refractivity contribution in [3.05, 3.63) is 125 Å². The first-order valence-corrected chi connectivity index (χ1v) is 11.7. The monoisotopic (exact) mass is 498 g/mol. The molecule has 4 rings (SSSR count). The quantitative estimate of drug-likeness (QED) is 0.252. The van der Waals surface area contributed by atoms with Gasteiger partial charge >= 0.3 is 11.9 Å². The minimum atomic E-state index is -1.23. The van der Waals surface area contributed by atoms with Crippen LogP contribution in [0.15, 0.2) is 97.1 Å². The van der Waals surface area contributed by atoms with E-state index in [2.05, 4.69) is 0 Å². The van der Waals surface area contributed by atoms with Crippen molar-refractivity contribution in [2.75, 3.05) is 6.61 Å². The summed E-state index contributed by atoms with van der Waals surface area (Å²) in [6.45, 7) is 1.00. The second kappa shape index (κ2) is 12.3. The van der Waals surface area contributed by atoms with Crippen LogP contribution in [0.5, 0.6) is 17.2 Å². The maximum absolute atomic E-state index is 11.4. The van der Waals surface area contributed by atoms with E-state index in [0.29, 0.717) is 31.1 Å². The van der Waals surface area contributed by atoms with E-state index in [9.17, 15) is 19.8 Å². The van der Waals surface area contributed by atoms with Crippen molar-refractivity contribution in [1.29, 1.82) is 0 Å². The van der Waals surface area contributed by atoms with Gasteiger partial charge in [-0.2, -0.15) is 0 Å². The second-order valence-electron chi connectivity index (χ2n) is 8.32. The number of carbonyl (C=O) groups is 2. The third-order valence-electron chi connectivity index (χ3n) is 5.50. The van der Waals surface area contributed by atoms with E-state index in [4.69, 9.17) is 14.2 Å². The highest BCUT2D eigenvalue weighted by atomic mass is 16.5. The van der Waals surface area contributed by atoms with Crippen LogP contribution in [-0.4, -0.2) is 28.8 Å². The smallest absolute Gasteiger partial charge is 0.335 e. The summed E-state index contributed by atoms with van der Waals surface area (Å²) < 4.78 is 17.8. The summed E-state index contributed by atoms with van der Waals surface area (Å²) in [6.07, 6.45) is 0.462. The van der Waals surface area contributed by atoms with Gasteiger partial charge in [0.15, 0.2) is 0 Å². The molecule has 0 unspecified atom stereocenters. The molecule has 0 radical (unpaired) electrons. The highest BCUT2D eigenvalue weighted by Crippen LogP contribution is 2.26. The van der Waals surface area contributed by atoms with E-state index in [0.717, 1.165) is 22.8 Å². The second-order valence-corrected chi connectivity index (χ2v) is 8.32. The van der Waals surface area contributed by atoms with Crippen LogP contribution in [0, 0.1) is 0 Å². The van der Waals surface area contributed by atoms with Gasteiger partial charge < -0.3 is 24.4 Å². The van der Waals surface area contributed by atoms with Gasteiger partial charge in [0.05, 0.1) is 17.7 Å². The zero-order chi connectivity index (χ0) is 26.0. The first kappa shape index (κ1) is 25.3. The number of carboxylic acid groups (broad SMARTS) is 2. The van der Waals surface area contributed by atoms with E-state index in [-0.39, 0.29) is 23.5 Å². The molecule has 7 nitrogen and oxygen atoms in total. The van der Waals surface area contributed by atoms with Crippen molar-refractivity contribution in [2.45, 2.75) is 19.6 Å². The average Bonchev–Trinajstić information content (AvgIpc) is 2.91. The molecule has 0 fully saturated rings. The molecule has 37 heavy (non-hydrogen) atoms. The lowest BCUT2D eigenvalue weighted by molar-refractivity contribution is 0.0696. The molecule has 2 N–H and O–H groups in total. The van der Waals surface area contributed by atoms with Crippen molar-refractivity contribution in [3.63, 3.8) is 0 Å². The topological polar surface area (TPSA) is 102 Å². The van der Waals surface area contributed by atoms with Crippen molar-refractivity contribution in [2.24, 2.45) is 0 Å². The van der Waals surface area contributed by atoms with Gasteiger partial charge in [0.1, 0.15) is 30.5 Å². The zero-order valence-electron chi connectivity index (χ0n) is 20.0. The number of benzene rings is 4. The third kappa shape index (κ3) is 7.60. The summed E-state index contributed by atoms with van der Waals surface area (Å²) in [4.78, 5) is 22.7. The number of ether oxygens (including phenoxy) is 3. The number of carboxylic acids is 2. The molecular weight excluding hydrogens is 472 g/mol. The molecule has 0 atom stereocenters. The van der Waals surface area contributed by atoms with E-state index in [1.165, 1.54) is 12.1 Å². The van der Waals surface area contributed by atoms with Crippen LogP contribution in [0.1, 0.15) is 37.4 Å². The van der Waals surface area contributed by atoms with Crippen LogP contribution in [-0.2, 0) is 19.6 Å². The Balaban J connectivity index is 1.47. The molecule has 0 aliphatic heterocycles. The predicted octanol–water partition coefficient (Wildman–Crippen LogP) is 5.86. The maximum atomic E-state index is 11.4. The standard InChI is InChI=1S/C30H26O7/c31-29(32)24-15-25(30(33)34)17-28(16-24)35-12-11-23-13-26(36-19-21-7-3-1-4-8-21)18-27(14-23)37-20-22-9-5-2-6-10-22/h1-10,13-18H,11-12,19-20H2,(H,31,32)(H,33,34). The Bertz CT molecular complexity index is 1260. The fraction of sp³-hybridized carbons (Fsp3) is 0.133. The van der Waals surface area contributed by atoms with Gasteiger partial charge in [-0.15, -0.1) is 0 Å². The first-order valence-electron chi connectivity index (χ1n) is 11.7. The molecule has 0 bridgehead atoms. The minimum Gasteiger partial charge on any atom is -0.493 e. The average molecular weight is 499 g/mol. The lowest BCUT2D eigenvalue weighted by Crippen LogP contribution is -2.07. The van der Waals surface area contributed by atoms with E-state index < -0.39 is 11.9 Å². The third-order valence-corrected chi connectivity index (χ3v) is 5.50. The highest BCUT2D eigenvalue weighted by molar-refractivity contribution is 5.94. The van der Waals surface area contributed by atoms with Crippen LogP contribution >= 0.6 is 0 Å².